The van der Waals surface area contributed by atoms with Crippen molar-refractivity contribution >= 4 is 43.6 Å². The molecule has 7 heteroatoms. The van der Waals surface area contributed by atoms with Crippen LogP contribution in [0.5, 0.6) is 0 Å². The topological polar surface area (TPSA) is 61.5 Å². The Morgan fingerprint density at radius 2 is 2.11 bits per heavy atom. The number of rotatable bonds is 6. The van der Waals surface area contributed by atoms with E-state index in [4.69, 9.17) is 10.5 Å². The van der Waals surface area contributed by atoms with Crippen LogP contribution in [0.3, 0.4) is 0 Å². The number of hydrogen-bond donors (Lipinski definition) is 3. The summed E-state index contributed by atoms with van der Waals surface area (Å²) < 4.78 is 9.83. The molecule has 0 aliphatic carbocycles. The highest BCUT2D eigenvalue weighted by molar-refractivity contribution is 7.80. The standard InChI is InChI=1S/C12H17NO3S2.ClH/c1-15-12(14)10(13)7-16-5-4-8-6-9(17)2-3-11(8)18;/h2-3,6,10,17-18H,4-5,7,13H2,1H3;1H/t10-;/m1./s1. The lowest BCUT2D eigenvalue weighted by molar-refractivity contribution is -0.143. The van der Waals surface area contributed by atoms with E-state index in [-0.39, 0.29) is 19.0 Å². The van der Waals surface area contributed by atoms with Crippen molar-refractivity contribution in [2.24, 2.45) is 5.73 Å². The van der Waals surface area contributed by atoms with Gasteiger partial charge in [-0.15, -0.1) is 37.7 Å². The van der Waals surface area contributed by atoms with Gasteiger partial charge in [-0.2, -0.15) is 0 Å². The fourth-order valence-corrected chi connectivity index (χ4v) is 1.87. The molecule has 0 radical (unpaired) electrons. The molecule has 0 aliphatic rings. The van der Waals surface area contributed by atoms with Crippen LogP contribution in [0, 0.1) is 0 Å². The van der Waals surface area contributed by atoms with Crippen molar-refractivity contribution in [1.29, 1.82) is 0 Å². The molecular formula is C12H18ClNO3S2. The number of benzene rings is 1. The highest BCUT2D eigenvalue weighted by atomic mass is 35.5. The van der Waals surface area contributed by atoms with E-state index in [2.05, 4.69) is 30.0 Å². The van der Waals surface area contributed by atoms with Crippen LogP contribution >= 0.6 is 37.7 Å². The van der Waals surface area contributed by atoms with Crippen LogP contribution in [0.4, 0.5) is 0 Å². The van der Waals surface area contributed by atoms with Gasteiger partial charge >= 0.3 is 5.97 Å². The van der Waals surface area contributed by atoms with Gasteiger partial charge in [0.2, 0.25) is 0 Å². The highest BCUT2D eigenvalue weighted by Crippen LogP contribution is 2.18. The molecule has 1 rings (SSSR count). The van der Waals surface area contributed by atoms with Crippen molar-refractivity contribution in [3.63, 3.8) is 0 Å². The summed E-state index contributed by atoms with van der Waals surface area (Å²) >= 11 is 8.61. The van der Waals surface area contributed by atoms with Crippen molar-refractivity contribution in [1.82, 2.24) is 0 Å². The molecule has 1 aromatic carbocycles. The predicted molar refractivity (Wildman–Crippen MR) is 82.7 cm³/mol. The van der Waals surface area contributed by atoms with E-state index < -0.39 is 12.0 Å². The lowest BCUT2D eigenvalue weighted by atomic mass is 10.1. The minimum Gasteiger partial charge on any atom is -0.468 e. The summed E-state index contributed by atoms with van der Waals surface area (Å²) in [5.41, 5.74) is 6.59. The quantitative estimate of drug-likeness (QED) is 0.424. The number of carbonyl (C=O) groups excluding carboxylic acids is 1. The lowest BCUT2D eigenvalue weighted by Crippen LogP contribution is -2.36. The smallest absolute Gasteiger partial charge is 0.325 e. The highest BCUT2D eigenvalue weighted by Gasteiger charge is 2.13. The van der Waals surface area contributed by atoms with Gasteiger partial charge in [-0.3, -0.25) is 4.79 Å². The van der Waals surface area contributed by atoms with E-state index in [0.29, 0.717) is 13.0 Å². The maximum atomic E-state index is 11.0. The van der Waals surface area contributed by atoms with Gasteiger partial charge in [-0.25, -0.2) is 0 Å². The number of thiol groups is 2. The van der Waals surface area contributed by atoms with Gasteiger partial charge in [0, 0.05) is 9.79 Å². The average molecular weight is 324 g/mol. The van der Waals surface area contributed by atoms with Crippen molar-refractivity contribution in [3.05, 3.63) is 23.8 Å². The number of nitrogens with two attached hydrogens (primary N) is 1. The summed E-state index contributed by atoms with van der Waals surface area (Å²) in [5.74, 6) is -0.470. The molecule has 0 unspecified atom stereocenters. The fraction of sp³-hybridized carbons (Fsp3) is 0.417. The maximum absolute atomic E-state index is 11.0. The number of carbonyl (C=O) groups is 1. The molecule has 0 saturated carbocycles. The third-order valence-corrected chi connectivity index (χ3v) is 3.09. The molecule has 0 amide bonds. The average Bonchev–Trinajstić information content (AvgIpc) is 2.37. The van der Waals surface area contributed by atoms with E-state index in [9.17, 15) is 4.79 Å². The molecule has 108 valence electrons. The fourth-order valence-electron chi connectivity index (χ4n) is 1.38. The zero-order valence-electron chi connectivity index (χ0n) is 10.5. The van der Waals surface area contributed by atoms with Crippen molar-refractivity contribution in [2.75, 3.05) is 20.3 Å². The van der Waals surface area contributed by atoms with Gasteiger partial charge in [0.25, 0.3) is 0 Å². The minimum absolute atomic E-state index is 0. The summed E-state index contributed by atoms with van der Waals surface area (Å²) in [5, 5.41) is 0. The summed E-state index contributed by atoms with van der Waals surface area (Å²) in [6.45, 7) is 0.616. The Morgan fingerprint density at radius 3 is 2.74 bits per heavy atom. The summed E-state index contributed by atoms with van der Waals surface area (Å²) in [6.07, 6.45) is 0.696. The number of esters is 1. The molecule has 2 N–H and O–H groups in total. The Bertz CT molecular complexity index is 418. The third kappa shape index (κ3) is 6.54. The molecule has 0 bridgehead atoms. The second-order valence-electron chi connectivity index (χ2n) is 3.77. The Balaban J connectivity index is 0.00000324. The molecule has 0 spiro atoms. The van der Waals surface area contributed by atoms with Gasteiger partial charge in [-0.05, 0) is 30.2 Å². The zero-order chi connectivity index (χ0) is 13.5. The molecule has 1 atom stereocenters. The molecule has 0 aromatic heterocycles. The second-order valence-corrected chi connectivity index (χ2v) is 4.77. The maximum Gasteiger partial charge on any atom is 0.325 e. The van der Waals surface area contributed by atoms with Crippen LogP contribution in [0.25, 0.3) is 0 Å². The first kappa shape index (κ1) is 18.6. The Kier molecular flexibility index (Phi) is 9.30. The molecular weight excluding hydrogens is 306 g/mol. The molecule has 1 aromatic rings. The Hall–Kier alpha value is -0.400. The monoisotopic (exact) mass is 323 g/mol. The summed E-state index contributed by atoms with van der Waals surface area (Å²) in [7, 11) is 1.30. The zero-order valence-corrected chi connectivity index (χ0v) is 13.1. The minimum atomic E-state index is -0.735. The molecule has 0 heterocycles. The molecule has 4 nitrogen and oxygen atoms in total. The van der Waals surface area contributed by atoms with Crippen LogP contribution in [-0.4, -0.2) is 32.3 Å². The SMILES string of the molecule is COC(=O)[C@H](N)COCCc1cc(S)ccc1S.Cl. The predicted octanol–water partition coefficient (Wildman–Crippen LogP) is 1.75. The summed E-state index contributed by atoms with van der Waals surface area (Å²) in [4.78, 5) is 12.8. The van der Waals surface area contributed by atoms with Crippen molar-refractivity contribution in [3.8, 4) is 0 Å². The lowest BCUT2D eigenvalue weighted by Gasteiger charge is -2.10. The van der Waals surface area contributed by atoms with E-state index >= 15 is 0 Å². The third-order valence-electron chi connectivity index (χ3n) is 2.38. The first-order valence-corrected chi connectivity index (χ1v) is 6.36. The van der Waals surface area contributed by atoms with Crippen LogP contribution in [0.2, 0.25) is 0 Å². The molecule has 0 fully saturated rings. The van der Waals surface area contributed by atoms with Crippen LogP contribution in [0.1, 0.15) is 5.56 Å². The molecule has 0 aliphatic heterocycles. The second kappa shape index (κ2) is 9.50. The van der Waals surface area contributed by atoms with Gasteiger partial charge in [-0.1, -0.05) is 0 Å². The van der Waals surface area contributed by atoms with E-state index in [1.54, 1.807) is 0 Å². The molecule has 0 saturated heterocycles. The van der Waals surface area contributed by atoms with Crippen molar-refractivity contribution < 1.29 is 14.3 Å². The number of halogens is 1. The Labute approximate surface area is 130 Å². The van der Waals surface area contributed by atoms with Gasteiger partial charge in [0.1, 0.15) is 6.04 Å². The van der Waals surface area contributed by atoms with Crippen LogP contribution in [0.15, 0.2) is 28.0 Å². The number of hydrogen-bond acceptors (Lipinski definition) is 6. The normalized spacial score (nSPS) is 11.6. The largest absolute Gasteiger partial charge is 0.468 e. The van der Waals surface area contributed by atoms with Crippen LogP contribution in [-0.2, 0) is 20.7 Å². The Morgan fingerprint density at radius 1 is 1.42 bits per heavy atom. The molecule has 19 heavy (non-hydrogen) atoms. The van der Waals surface area contributed by atoms with Crippen molar-refractivity contribution in [2.45, 2.75) is 22.3 Å². The first-order chi connectivity index (χ1) is 8.54. The number of methoxy groups -OCH3 is 1. The van der Waals surface area contributed by atoms with E-state index in [1.165, 1.54) is 7.11 Å². The van der Waals surface area contributed by atoms with E-state index in [1.807, 2.05) is 18.2 Å². The number of ether oxygens (including phenoxy) is 2. The van der Waals surface area contributed by atoms with Gasteiger partial charge in [0.15, 0.2) is 0 Å². The van der Waals surface area contributed by atoms with Crippen LogP contribution < -0.4 is 5.73 Å². The van der Waals surface area contributed by atoms with Gasteiger partial charge < -0.3 is 15.2 Å². The van der Waals surface area contributed by atoms with Gasteiger partial charge in [0.05, 0.1) is 20.3 Å². The first-order valence-electron chi connectivity index (χ1n) is 5.46. The van der Waals surface area contributed by atoms with E-state index in [0.717, 1.165) is 15.4 Å². The summed E-state index contributed by atoms with van der Waals surface area (Å²) in [6, 6.07) is 4.97.